The van der Waals surface area contributed by atoms with Gasteiger partial charge in [-0.2, -0.15) is 0 Å². The highest BCUT2D eigenvalue weighted by Crippen LogP contribution is 2.28. The molecule has 1 saturated carbocycles. The van der Waals surface area contributed by atoms with Gasteiger partial charge >= 0.3 is 0 Å². The van der Waals surface area contributed by atoms with Gasteiger partial charge < -0.3 is 10.4 Å². The molecule has 15 heavy (non-hydrogen) atoms. The van der Waals surface area contributed by atoms with Crippen LogP contribution in [0.5, 0.6) is 0 Å². The number of amides is 1. The largest absolute Gasteiger partial charge is 0.388 e. The SMILES string of the molecule is O=C(NCC1(O)CCCC1)c1cnns1. The first-order valence-corrected chi connectivity index (χ1v) is 5.75. The molecule has 1 amide bonds. The van der Waals surface area contributed by atoms with Crippen LogP contribution in [-0.2, 0) is 0 Å². The fourth-order valence-corrected chi connectivity index (χ4v) is 2.24. The number of carbonyl (C=O) groups is 1. The molecule has 0 spiro atoms. The zero-order valence-corrected chi connectivity index (χ0v) is 9.09. The van der Waals surface area contributed by atoms with Gasteiger partial charge in [-0.05, 0) is 24.4 Å². The molecule has 5 nitrogen and oxygen atoms in total. The molecule has 1 aromatic rings. The monoisotopic (exact) mass is 227 g/mol. The van der Waals surface area contributed by atoms with Gasteiger partial charge in [-0.1, -0.05) is 17.3 Å². The number of aromatic nitrogens is 2. The van der Waals surface area contributed by atoms with E-state index in [4.69, 9.17) is 0 Å². The molecule has 0 aromatic carbocycles. The minimum atomic E-state index is -0.701. The Labute approximate surface area is 91.7 Å². The van der Waals surface area contributed by atoms with Crippen LogP contribution in [0.15, 0.2) is 6.20 Å². The highest BCUT2D eigenvalue weighted by atomic mass is 32.1. The minimum absolute atomic E-state index is 0.203. The molecule has 1 aromatic heterocycles. The molecule has 0 aliphatic heterocycles. The first kappa shape index (κ1) is 10.5. The van der Waals surface area contributed by atoms with Crippen LogP contribution in [0.3, 0.4) is 0 Å². The average Bonchev–Trinajstić information content (AvgIpc) is 2.85. The van der Waals surface area contributed by atoms with E-state index in [0.717, 1.165) is 37.2 Å². The number of hydrogen-bond donors (Lipinski definition) is 2. The molecular weight excluding hydrogens is 214 g/mol. The van der Waals surface area contributed by atoms with Gasteiger partial charge in [0.1, 0.15) is 4.88 Å². The second kappa shape index (κ2) is 4.24. The standard InChI is InChI=1S/C9H13N3O2S/c13-8(7-5-11-12-15-7)10-6-9(14)3-1-2-4-9/h5,14H,1-4,6H2,(H,10,13). The van der Waals surface area contributed by atoms with Crippen molar-refractivity contribution in [2.24, 2.45) is 0 Å². The summed E-state index contributed by atoms with van der Waals surface area (Å²) >= 11 is 1.06. The highest BCUT2D eigenvalue weighted by Gasteiger charge is 2.31. The predicted molar refractivity (Wildman–Crippen MR) is 55.7 cm³/mol. The average molecular weight is 227 g/mol. The van der Waals surface area contributed by atoms with Crippen molar-refractivity contribution in [2.45, 2.75) is 31.3 Å². The number of carbonyl (C=O) groups excluding carboxylic acids is 1. The lowest BCUT2D eigenvalue weighted by molar-refractivity contribution is 0.0450. The first-order chi connectivity index (χ1) is 7.20. The van der Waals surface area contributed by atoms with Crippen molar-refractivity contribution >= 4 is 17.4 Å². The number of nitrogens with zero attached hydrogens (tertiary/aromatic N) is 2. The first-order valence-electron chi connectivity index (χ1n) is 4.98. The maximum Gasteiger partial charge on any atom is 0.264 e. The topological polar surface area (TPSA) is 75.1 Å². The van der Waals surface area contributed by atoms with Crippen molar-refractivity contribution in [3.63, 3.8) is 0 Å². The van der Waals surface area contributed by atoms with Crippen LogP contribution >= 0.6 is 11.5 Å². The number of nitrogens with one attached hydrogen (secondary N) is 1. The van der Waals surface area contributed by atoms with Gasteiger partial charge in [0.25, 0.3) is 5.91 Å². The summed E-state index contributed by atoms with van der Waals surface area (Å²) < 4.78 is 3.61. The second-order valence-electron chi connectivity index (χ2n) is 3.90. The van der Waals surface area contributed by atoms with Crippen LogP contribution in [0.1, 0.15) is 35.4 Å². The summed E-state index contributed by atoms with van der Waals surface area (Å²) in [4.78, 5) is 12.0. The molecule has 1 fully saturated rings. The van der Waals surface area contributed by atoms with E-state index in [9.17, 15) is 9.90 Å². The summed E-state index contributed by atoms with van der Waals surface area (Å²) in [5.41, 5.74) is -0.701. The Kier molecular flexibility index (Phi) is 2.97. The Morgan fingerprint density at radius 3 is 2.93 bits per heavy atom. The van der Waals surface area contributed by atoms with E-state index in [1.165, 1.54) is 6.20 Å². The van der Waals surface area contributed by atoms with Crippen molar-refractivity contribution < 1.29 is 9.90 Å². The normalized spacial score (nSPS) is 19.0. The highest BCUT2D eigenvalue weighted by molar-refractivity contribution is 7.07. The molecule has 2 rings (SSSR count). The quantitative estimate of drug-likeness (QED) is 0.791. The molecule has 82 valence electrons. The molecular formula is C9H13N3O2S. The van der Waals surface area contributed by atoms with Gasteiger partial charge in [0.05, 0.1) is 11.8 Å². The van der Waals surface area contributed by atoms with Gasteiger partial charge in [-0.3, -0.25) is 4.79 Å². The number of rotatable bonds is 3. The van der Waals surface area contributed by atoms with Crippen LogP contribution < -0.4 is 5.32 Å². The minimum Gasteiger partial charge on any atom is -0.388 e. The van der Waals surface area contributed by atoms with Gasteiger partial charge in [-0.25, -0.2) is 0 Å². The van der Waals surface area contributed by atoms with Crippen LogP contribution in [0.25, 0.3) is 0 Å². The maximum atomic E-state index is 11.5. The van der Waals surface area contributed by atoms with E-state index in [1.54, 1.807) is 0 Å². The lowest BCUT2D eigenvalue weighted by Crippen LogP contribution is -2.40. The van der Waals surface area contributed by atoms with Gasteiger partial charge in [0.15, 0.2) is 0 Å². The zero-order chi connectivity index (χ0) is 10.7. The number of hydrogen-bond acceptors (Lipinski definition) is 5. The van der Waals surface area contributed by atoms with Crippen molar-refractivity contribution in [2.75, 3.05) is 6.54 Å². The lowest BCUT2D eigenvalue weighted by atomic mass is 10.0. The Morgan fingerprint density at radius 2 is 2.33 bits per heavy atom. The van der Waals surface area contributed by atoms with Crippen molar-refractivity contribution in [3.05, 3.63) is 11.1 Å². The van der Waals surface area contributed by atoms with E-state index >= 15 is 0 Å². The molecule has 1 heterocycles. The fraction of sp³-hybridized carbons (Fsp3) is 0.667. The Bertz CT molecular complexity index is 333. The molecule has 2 N–H and O–H groups in total. The van der Waals surface area contributed by atoms with E-state index < -0.39 is 5.60 Å². The molecule has 0 saturated heterocycles. The van der Waals surface area contributed by atoms with Crippen molar-refractivity contribution in [1.29, 1.82) is 0 Å². The summed E-state index contributed by atoms with van der Waals surface area (Å²) in [6.45, 7) is 0.323. The molecule has 0 unspecified atom stereocenters. The Hall–Kier alpha value is -1.01. The summed E-state index contributed by atoms with van der Waals surface area (Å²) in [5, 5.41) is 16.3. The lowest BCUT2D eigenvalue weighted by Gasteiger charge is -2.21. The summed E-state index contributed by atoms with van der Waals surface area (Å²) in [6, 6.07) is 0. The van der Waals surface area contributed by atoms with Gasteiger partial charge in [-0.15, -0.1) is 5.10 Å². The molecule has 0 atom stereocenters. The third kappa shape index (κ3) is 2.51. The van der Waals surface area contributed by atoms with Crippen LogP contribution in [0, 0.1) is 0 Å². The summed E-state index contributed by atoms with van der Waals surface area (Å²) in [7, 11) is 0. The van der Waals surface area contributed by atoms with Crippen LogP contribution in [-0.4, -0.2) is 32.7 Å². The number of aliphatic hydroxyl groups is 1. The molecule has 0 bridgehead atoms. The zero-order valence-electron chi connectivity index (χ0n) is 8.27. The molecule has 1 aliphatic rings. The molecule has 1 aliphatic carbocycles. The second-order valence-corrected chi connectivity index (χ2v) is 4.68. The fourth-order valence-electron chi connectivity index (χ4n) is 1.81. The van der Waals surface area contributed by atoms with E-state index in [1.807, 2.05) is 0 Å². The van der Waals surface area contributed by atoms with Crippen molar-refractivity contribution in [3.8, 4) is 0 Å². The third-order valence-electron chi connectivity index (χ3n) is 2.70. The van der Waals surface area contributed by atoms with Gasteiger partial charge in [0, 0.05) is 6.54 Å². The van der Waals surface area contributed by atoms with Crippen LogP contribution in [0.2, 0.25) is 0 Å². The smallest absolute Gasteiger partial charge is 0.264 e. The third-order valence-corrected chi connectivity index (χ3v) is 3.36. The van der Waals surface area contributed by atoms with E-state index in [2.05, 4.69) is 14.9 Å². The Morgan fingerprint density at radius 1 is 1.60 bits per heavy atom. The van der Waals surface area contributed by atoms with Gasteiger partial charge in [0.2, 0.25) is 0 Å². The molecule has 0 radical (unpaired) electrons. The summed E-state index contributed by atoms with van der Waals surface area (Å²) in [5.74, 6) is -0.203. The summed E-state index contributed by atoms with van der Waals surface area (Å²) in [6.07, 6.45) is 5.05. The predicted octanol–water partition coefficient (Wildman–Crippen LogP) is 0.573. The maximum absolute atomic E-state index is 11.5. The molecule has 6 heteroatoms. The van der Waals surface area contributed by atoms with Crippen molar-refractivity contribution in [1.82, 2.24) is 14.9 Å². The van der Waals surface area contributed by atoms with E-state index in [0.29, 0.717) is 11.4 Å². The van der Waals surface area contributed by atoms with Crippen LogP contribution in [0.4, 0.5) is 0 Å². The Balaban J connectivity index is 1.85. The van der Waals surface area contributed by atoms with E-state index in [-0.39, 0.29) is 5.91 Å².